The van der Waals surface area contributed by atoms with Crippen LogP contribution < -0.4 is 5.32 Å². The van der Waals surface area contributed by atoms with Crippen LogP contribution in [0.1, 0.15) is 16.1 Å². The maximum Gasteiger partial charge on any atom is 0.255 e. The topological polar surface area (TPSA) is 46.4 Å². The molecule has 1 aromatic carbocycles. The molecule has 22 heavy (non-hydrogen) atoms. The number of nitrogens with one attached hydrogen (secondary N) is 1. The van der Waals surface area contributed by atoms with Crippen molar-refractivity contribution in [3.05, 3.63) is 63.0 Å². The average Bonchev–Trinajstić information content (AvgIpc) is 2.81. The Labute approximate surface area is 141 Å². The van der Waals surface area contributed by atoms with Crippen LogP contribution in [0, 0.1) is 6.92 Å². The number of fused-ring (bicyclic) bond motifs is 1. The summed E-state index contributed by atoms with van der Waals surface area (Å²) in [5, 5.41) is 3.66. The van der Waals surface area contributed by atoms with E-state index in [1.54, 1.807) is 18.3 Å². The van der Waals surface area contributed by atoms with Gasteiger partial charge in [-0.15, -0.1) is 0 Å². The Hall–Kier alpha value is -1.75. The minimum atomic E-state index is -0.325. The molecule has 0 spiro atoms. The molecular weight excluding hydrogens is 345 g/mol. The Morgan fingerprint density at radius 3 is 2.55 bits per heavy atom. The number of aromatic nitrogens is 2. The van der Waals surface area contributed by atoms with Gasteiger partial charge in [0.1, 0.15) is 5.65 Å². The third-order valence-corrected chi connectivity index (χ3v) is 3.90. The predicted octanol–water partition coefficient (Wildman–Crippen LogP) is 4.86. The van der Waals surface area contributed by atoms with Gasteiger partial charge in [0.05, 0.1) is 21.4 Å². The van der Waals surface area contributed by atoms with Gasteiger partial charge in [0.2, 0.25) is 0 Å². The van der Waals surface area contributed by atoms with E-state index in [0.29, 0.717) is 21.9 Å². The number of carbonyl (C=O) groups excluding carboxylic acids is 1. The lowest BCUT2D eigenvalue weighted by atomic mass is 10.2. The average molecular weight is 355 g/mol. The summed E-state index contributed by atoms with van der Waals surface area (Å²) in [5.41, 5.74) is 2.36. The van der Waals surface area contributed by atoms with E-state index in [0.717, 1.165) is 5.69 Å². The van der Waals surface area contributed by atoms with E-state index in [-0.39, 0.29) is 16.0 Å². The van der Waals surface area contributed by atoms with E-state index < -0.39 is 0 Å². The van der Waals surface area contributed by atoms with Crippen molar-refractivity contribution in [3.8, 4) is 0 Å². The highest BCUT2D eigenvalue weighted by molar-refractivity contribution is 6.42. The van der Waals surface area contributed by atoms with Gasteiger partial charge in [0.15, 0.2) is 0 Å². The highest BCUT2D eigenvalue weighted by Crippen LogP contribution is 2.33. The summed E-state index contributed by atoms with van der Waals surface area (Å²) >= 11 is 18.0. The van der Waals surface area contributed by atoms with Crippen molar-refractivity contribution in [2.75, 3.05) is 5.32 Å². The molecule has 0 unspecified atom stereocenters. The van der Waals surface area contributed by atoms with Crippen LogP contribution in [0.2, 0.25) is 15.1 Å². The molecule has 3 rings (SSSR count). The smallest absolute Gasteiger partial charge is 0.255 e. The molecule has 112 valence electrons. The molecule has 0 saturated carbocycles. The molecule has 0 aliphatic carbocycles. The van der Waals surface area contributed by atoms with Gasteiger partial charge in [-0.1, -0.05) is 34.8 Å². The van der Waals surface area contributed by atoms with E-state index in [2.05, 4.69) is 10.3 Å². The van der Waals surface area contributed by atoms with Gasteiger partial charge in [-0.25, -0.2) is 4.98 Å². The van der Waals surface area contributed by atoms with Crippen LogP contribution in [0.15, 0.2) is 36.7 Å². The van der Waals surface area contributed by atoms with Crippen LogP contribution in [0.4, 0.5) is 5.69 Å². The molecule has 1 N–H and O–H groups in total. The lowest BCUT2D eigenvalue weighted by Crippen LogP contribution is -2.13. The zero-order valence-electron chi connectivity index (χ0n) is 11.4. The van der Waals surface area contributed by atoms with Crippen molar-refractivity contribution in [1.29, 1.82) is 0 Å². The van der Waals surface area contributed by atoms with Crippen LogP contribution in [-0.4, -0.2) is 15.3 Å². The van der Waals surface area contributed by atoms with E-state index in [9.17, 15) is 4.79 Å². The second-order valence-corrected chi connectivity index (χ2v) is 6.01. The van der Waals surface area contributed by atoms with Crippen molar-refractivity contribution in [1.82, 2.24) is 9.38 Å². The third-order valence-electron chi connectivity index (χ3n) is 3.09. The monoisotopic (exact) mass is 353 g/mol. The van der Waals surface area contributed by atoms with E-state index in [4.69, 9.17) is 34.8 Å². The first kappa shape index (κ1) is 15.2. The molecular formula is C15H10Cl3N3O. The Kier molecular flexibility index (Phi) is 4.00. The van der Waals surface area contributed by atoms with Gasteiger partial charge in [0, 0.05) is 23.0 Å². The molecule has 0 radical (unpaired) electrons. The first-order valence-corrected chi connectivity index (χ1v) is 7.48. The summed E-state index contributed by atoms with van der Waals surface area (Å²) in [4.78, 5) is 16.7. The van der Waals surface area contributed by atoms with Gasteiger partial charge >= 0.3 is 0 Å². The van der Waals surface area contributed by atoms with Crippen LogP contribution >= 0.6 is 34.8 Å². The summed E-state index contributed by atoms with van der Waals surface area (Å²) in [5.74, 6) is -0.325. The minimum Gasteiger partial charge on any atom is -0.319 e. The number of hydrogen-bond donors (Lipinski definition) is 1. The Balaban J connectivity index is 1.93. The summed E-state index contributed by atoms with van der Waals surface area (Å²) in [6.45, 7) is 1.89. The maximum absolute atomic E-state index is 12.4. The number of nitrogens with zero attached hydrogens (tertiary/aromatic N) is 2. The number of carbonyl (C=O) groups is 1. The van der Waals surface area contributed by atoms with E-state index in [1.807, 2.05) is 17.5 Å². The number of halogens is 3. The zero-order chi connectivity index (χ0) is 15.9. The Morgan fingerprint density at radius 2 is 1.86 bits per heavy atom. The molecule has 2 aromatic heterocycles. The van der Waals surface area contributed by atoms with Crippen molar-refractivity contribution in [3.63, 3.8) is 0 Å². The largest absolute Gasteiger partial charge is 0.319 e. The van der Waals surface area contributed by atoms with Gasteiger partial charge in [-0.3, -0.25) is 4.79 Å². The fourth-order valence-electron chi connectivity index (χ4n) is 2.10. The summed E-state index contributed by atoms with van der Waals surface area (Å²) in [6, 6.07) is 6.43. The number of hydrogen-bond acceptors (Lipinski definition) is 2. The minimum absolute atomic E-state index is 0.281. The number of aryl methyl sites for hydroxylation is 1. The normalized spacial score (nSPS) is 10.9. The first-order valence-electron chi connectivity index (χ1n) is 6.35. The summed E-state index contributed by atoms with van der Waals surface area (Å²) < 4.78 is 1.84. The van der Waals surface area contributed by atoms with Crippen LogP contribution in [-0.2, 0) is 0 Å². The van der Waals surface area contributed by atoms with Gasteiger partial charge < -0.3 is 9.72 Å². The summed E-state index contributed by atoms with van der Waals surface area (Å²) in [6.07, 6.45) is 3.65. The predicted molar refractivity (Wildman–Crippen MR) is 89.4 cm³/mol. The Bertz CT molecular complexity index is 866. The molecule has 0 fully saturated rings. The molecule has 1 amide bonds. The maximum atomic E-state index is 12.4. The van der Waals surface area contributed by atoms with Crippen LogP contribution in [0.25, 0.3) is 5.65 Å². The lowest BCUT2D eigenvalue weighted by molar-refractivity contribution is 0.102. The lowest BCUT2D eigenvalue weighted by Gasteiger charge is -2.10. The number of rotatable bonds is 2. The molecule has 0 atom stereocenters. The molecule has 2 heterocycles. The van der Waals surface area contributed by atoms with Crippen molar-refractivity contribution >= 4 is 52.0 Å². The fourth-order valence-corrected chi connectivity index (χ4v) is 3.01. The molecule has 0 aliphatic heterocycles. The van der Waals surface area contributed by atoms with Crippen LogP contribution in [0.5, 0.6) is 0 Å². The number of benzene rings is 1. The highest BCUT2D eigenvalue weighted by Gasteiger charge is 2.13. The molecule has 4 nitrogen and oxygen atoms in total. The zero-order valence-corrected chi connectivity index (χ0v) is 13.7. The SMILES string of the molecule is Cc1cn2ccc(C(=O)Nc3c(Cl)cc(Cl)cc3Cl)cc2n1. The van der Waals surface area contributed by atoms with E-state index in [1.165, 1.54) is 12.1 Å². The number of imidazole rings is 1. The second kappa shape index (κ2) is 5.80. The molecule has 7 heteroatoms. The number of anilines is 1. The second-order valence-electron chi connectivity index (χ2n) is 4.76. The number of pyridine rings is 1. The first-order chi connectivity index (χ1) is 10.4. The molecule has 0 aliphatic rings. The van der Waals surface area contributed by atoms with Crippen molar-refractivity contribution < 1.29 is 4.79 Å². The molecule has 0 bridgehead atoms. The van der Waals surface area contributed by atoms with Crippen molar-refractivity contribution in [2.45, 2.75) is 6.92 Å². The van der Waals surface area contributed by atoms with Gasteiger partial charge in [-0.05, 0) is 31.2 Å². The quantitative estimate of drug-likeness (QED) is 0.714. The fraction of sp³-hybridized carbons (Fsp3) is 0.0667. The van der Waals surface area contributed by atoms with Gasteiger partial charge in [0.25, 0.3) is 5.91 Å². The third kappa shape index (κ3) is 2.90. The molecule has 0 saturated heterocycles. The molecule has 3 aromatic rings. The number of amides is 1. The standard InChI is InChI=1S/C15H10Cl3N3O/c1-8-7-21-3-2-9(4-13(21)19-8)15(22)20-14-11(17)5-10(16)6-12(14)18/h2-7H,1H3,(H,20,22). The highest BCUT2D eigenvalue weighted by atomic mass is 35.5. The van der Waals surface area contributed by atoms with Crippen LogP contribution in [0.3, 0.4) is 0 Å². The van der Waals surface area contributed by atoms with Gasteiger partial charge in [-0.2, -0.15) is 0 Å². The van der Waals surface area contributed by atoms with Crippen molar-refractivity contribution in [2.24, 2.45) is 0 Å². The van der Waals surface area contributed by atoms with E-state index >= 15 is 0 Å². The Morgan fingerprint density at radius 1 is 1.18 bits per heavy atom. The summed E-state index contributed by atoms with van der Waals surface area (Å²) in [7, 11) is 0.